The molecule has 1 aromatic heterocycles. The van der Waals surface area contributed by atoms with Gasteiger partial charge in [-0.3, -0.25) is 14.4 Å². The summed E-state index contributed by atoms with van der Waals surface area (Å²) in [6.45, 7) is 2.54. The zero-order valence-electron chi connectivity index (χ0n) is 23.0. The lowest BCUT2D eigenvalue weighted by Crippen LogP contribution is -2.45. The van der Waals surface area contributed by atoms with Crippen LogP contribution in [-0.4, -0.2) is 55.5 Å². The third-order valence-corrected chi connectivity index (χ3v) is 7.60. The molecule has 1 unspecified atom stereocenters. The van der Waals surface area contributed by atoms with Crippen LogP contribution in [0.2, 0.25) is 0 Å². The van der Waals surface area contributed by atoms with Crippen molar-refractivity contribution in [2.75, 3.05) is 31.6 Å². The van der Waals surface area contributed by atoms with Gasteiger partial charge in [0, 0.05) is 48.5 Å². The summed E-state index contributed by atoms with van der Waals surface area (Å²) in [5.41, 5.74) is -0.637. The average Bonchev–Trinajstić information content (AvgIpc) is 3.57. The standard InChI is InChI=1S/C29H27F5N4O5/c1-15-8-10-37(17-7-9-35-13-17)28(41)25(15)38-14-20(23-21(30)11-19(42-2)12-22(23)31)24(27(38)40)36-26(39)16-3-5-18(6-4-16)43-29(32,33)34/h3-6,8,10-12,17,20,24,35H,7,9,13-14H2,1-2H3,(H,36,39)/t17?,20-,24-/m0/s1. The number of halogens is 5. The number of methoxy groups -OCH3 is 1. The molecule has 228 valence electrons. The third-order valence-electron chi connectivity index (χ3n) is 7.60. The van der Waals surface area contributed by atoms with Crippen molar-refractivity contribution in [1.82, 2.24) is 15.2 Å². The van der Waals surface area contributed by atoms with Crippen molar-refractivity contribution in [3.05, 3.63) is 87.3 Å². The maximum Gasteiger partial charge on any atom is 0.573 e. The number of aromatic nitrogens is 1. The van der Waals surface area contributed by atoms with E-state index in [1.54, 1.807) is 19.2 Å². The molecule has 2 N–H and O–H groups in total. The Morgan fingerprint density at radius 2 is 1.72 bits per heavy atom. The molecule has 5 rings (SSSR count). The minimum Gasteiger partial charge on any atom is -0.497 e. The van der Waals surface area contributed by atoms with Crippen LogP contribution in [0.15, 0.2) is 53.5 Å². The topological polar surface area (TPSA) is 102 Å². The molecule has 9 nitrogen and oxygen atoms in total. The molecule has 0 bridgehead atoms. The summed E-state index contributed by atoms with van der Waals surface area (Å²) >= 11 is 0. The summed E-state index contributed by atoms with van der Waals surface area (Å²) in [5, 5.41) is 5.65. The second-order valence-electron chi connectivity index (χ2n) is 10.3. The Bertz CT molecular complexity index is 1580. The van der Waals surface area contributed by atoms with Gasteiger partial charge in [-0.25, -0.2) is 8.78 Å². The molecule has 0 radical (unpaired) electrons. The molecule has 0 aliphatic carbocycles. The molecule has 2 aromatic carbocycles. The maximum absolute atomic E-state index is 15.3. The number of ether oxygens (including phenoxy) is 2. The van der Waals surface area contributed by atoms with E-state index in [2.05, 4.69) is 15.4 Å². The van der Waals surface area contributed by atoms with E-state index in [0.717, 1.165) is 41.3 Å². The zero-order chi connectivity index (χ0) is 31.1. The molecule has 2 saturated heterocycles. The summed E-state index contributed by atoms with van der Waals surface area (Å²) in [4.78, 5) is 41.8. The molecule has 2 amide bonds. The maximum atomic E-state index is 15.3. The van der Waals surface area contributed by atoms with Crippen LogP contribution in [0.5, 0.6) is 11.5 Å². The molecule has 2 aliphatic rings. The number of alkyl halides is 3. The van der Waals surface area contributed by atoms with Crippen LogP contribution in [-0.2, 0) is 4.79 Å². The number of benzene rings is 2. The Kier molecular flexibility index (Phi) is 8.14. The Hall–Kier alpha value is -4.46. The number of hydrogen-bond acceptors (Lipinski definition) is 6. The minimum absolute atomic E-state index is 0.0177. The summed E-state index contributed by atoms with van der Waals surface area (Å²) in [5.74, 6) is -5.68. The summed E-state index contributed by atoms with van der Waals surface area (Å²) in [6.07, 6.45) is -2.62. The highest BCUT2D eigenvalue weighted by Gasteiger charge is 2.46. The highest BCUT2D eigenvalue weighted by atomic mass is 19.4. The minimum atomic E-state index is -4.94. The first-order valence-electron chi connectivity index (χ1n) is 13.3. The van der Waals surface area contributed by atoms with Gasteiger partial charge in [0.05, 0.1) is 13.2 Å². The van der Waals surface area contributed by atoms with Crippen molar-refractivity contribution in [1.29, 1.82) is 0 Å². The number of aryl methyl sites for hydroxylation is 1. The van der Waals surface area contributed by atoms with Gasteiger partial charge in [-0.15, -0.1) is 13.2 Å². The predicted octanol–water partition coefficient (Wildman–Crippen LogP) is 3.81. The molecule has 3 heterocycles. The number of rotatable bonds is 7. The summed E-state index contributed by atoms with van der Waals surface area (Å²) < 4.78 is 78.5. The van der Waals surface area contributed by atoms with Crippen LogP contribution in [0.4, 0.5) is 27.6 Å². The number of anilines is 1. The normalized spacial score (nSPS) is 20.4. The fourth-order valence-corrected chi connectivity index (χ4v) is 5.54. The van der Waals surface area contributed by atoms with Crippen LogP contribution in [0, 0.1) is 18.6 Å². The van der Waals surface area contributed by atoms with Crippen molar-refractivity contribution >= 4 is 17.5 Å². The third kappa shape index (κ3) is 6.05. The number of carbonyl (C=O) groups is 2. The second kappa shape index (κ2) is 11.7. The van der Waals surface area contributed by atoms with E-state index in [-0.39, 0.29) is 29.6 Å². The van der Waals surface area contributed by atoms with Crippen LogP contribution >= 0.6 is 0 Å². The summed E-state index contributed by atoms with van der Waals surface area (Å²) in [6, 6.07) is 5.79. The predicted molar refractivity (Wildman–Crippen MR) is 144 cm³/mol. The van der Waals surface area contributed by atoms with E-state index in [1.165, 1.54) is 11.7 Å². The van der Waals surface area contributed by atoms with E-state index < -0.39 is 58.6 Å². The van der Waals surface area contributed by atoms with Crippen LogP contribution in [0.25, 0.3) is 0 Å². The molecule has 0 spiro atoms. The SMILES string of the molecule is COc1cc(F)c([C@@H]2CN(c3c(C)ccn(C4CCNC4)c3=O)C(=O)[C@H]2NC(=O)c2ccc(OC(F)(F)F)cc2)c(F)c1. The van der Waals surface area contributed by atoms with E-state index >= 15 is 8.78 Å². The lowest BCUT2D eigenvalue weighted by Gasteiger charge is -2.22. The van der Waals surface area contributed by atoms with Crippen molar-refractivity contribution < 1.29 is 41.0 Å². The van der Waals surface area contributed by atoms with Crippen molar-refractivity contribution in [3.63, 3.8) is 0 Å². The molecular weight excluding hydrogens is 579 g/mol. The Labute approximate surface area is 242 Å². The van der Waals surface area contributed by atoms with E-state index in [1.807, 2.05) is 0 Å². The number of hydrogen-bond donors (Lipinski definition) is 2. The smallest absolute Gasteiger partial charge is 0.497 e. The van der Waals surface area contributed by atoms with Crippen LogP contribution in [0.1, 0.15) is 39.9 Å². The quantitative estimate of drug-likeness (QED) is 0.397. The molecular formula is C29H27F5N4O5. The number of nitrogens with zero attached hydrogens (tertiary/aromatic N) is 2. The molecule has 3 aromatic rings. The van der Waals surface area contributed by atoms with Gasteiger partial charge in [0.25, 0.3) is 11.5 Å². The van der Waals surface area contributed by atoms with Gasteiger partial charge in [0.1, 0.15) is 34.9 Å². The first-order chi connectivity index (χ1) is 20.4. The molecule has 3 atom stereocenters. The van der Waals surface area contributed by atoms with Crippen molar-refractivity contribution in [2.24, 2.45) is 0 Å². The number of nitrogens with one attached hydrogen (secondary N) is 2. The van der Waals surface area contributed by atoms with E-state index in [4.69, 9.17) is 4.74 Å². The molecule has 43 heavy (non-hydrogen) atoms. The van der Waals surface area contributed by atoms with Gasteiger partial charge in [0.15, 0.2) is 0 Å². The molecule has 2 aliphatic heterocycles. The first-order valence-corrected chi connectivity index (χ1v) is 13.3. The van der Waals surface area contributed by atoms with E-state index in [0.29, 0.717) is 25.1 Å². The van der Waals surface area contributed by atoms with Gasteiger partial charge in [0.2, 0.25) is 5.91 Å². The molecule has 2 fully saturated rings. The number of pyridine rings is 1. The van der Waals surface area contributed by atoms with Gasteiger partial charge in [-0.05, 0) is 55.8 Å². The fraction of sp³-hybridized carbons (Fsp3) is 0.345. The highest BCUT2D eigenvalue weighted by Crippen LogP contribution is 2.37. The Morgan fingerprint density at radius 3 is 2.30 bits per heavy atom. The zero-order valence-corrected chi connectivity index (χ0v) is 23.0. The fourth-order valence-electron chi connectivity index (χ4n) is 5.54. The van der Waals surface area contributed by atoms with Crippen molar-refractivity contribution in [3.8, 4) is 11.5 Å². The summed E-state index contributed by atoms with van der Waals surface area (Å²) in [7, 11) is 1.23. The van der Waals surface area contributed by atoms with Gasteiger partial charge in [-0.2, -0.15) is 0 Å². The lowest BCUT2D eigenvalue weighted by molar-refractivity contribution is -0.274. The molecule has 14 heteroatoms. The Morgan fingerprint density at radius 1 is 1.05 bits per heavy atom. The van der Waals surface area contributed by atoms with Crippen molar-refractivity contribution in [2.45, 2.75) is 37.7 Å². The highest BCUT2D eigenvalue weighted by molar-refractivity contribution is 6.05. The Balaban J connectivity index is 1.52. The van der Waals surface area contributed by atoms with E-state index in [9.17, 15) is 27.6 Å². The van der Waals surface area contributed by atoms with Crippen LogP contribution < -0.4 is 30.6 Å². The average molecular weight is 607 g/mol. The number of amides is 2. The number of carbonyl (C=O) groups excluding carboxylic acids is 2. The van der Waals surface area contributed by atoms with Gasteiger partial charge in [-0.1, -0.05) is 0 Å². The first kappa shape index (κ1) is 30.0. The second-order valence-corrected chi connectivity index (χ2v) is 10.3. The molecule has 0 saturated carbocycles. The largest absolute Gasteiger partial charge is 0.573 e. The van der Waals surface area contributed by atoms with Gasteiger partial charge >= 0.3 is 6.36 Å². The monoisotopic (exact) mass is 606 g/mol. The van der Waals surface area contributed by atoms with Gasteiger partial charge < -0.3 is 29.6 Å². The lowest BCUT2D eigenvalue weighted by atomic mass is 9.92. The van der Waals surface area contributed by atoms with Crippen LogP contribution in [0.3, 0.4) is 0 Å².